The van der Waals surface area contributed by atoms with Crippen LogP contribution in [-0.2, 0) is 22.4 Å². The van der Waals surface area contributed by atoms with E-state index in [2.05, 4.69) is 0 Å². The molecule has 0 unspecified atom stereocenters. The molecule has 8 heteroatoms. The van der Waals surface area contributed by atoms with Gasteiger partial charge >= 0.3 is 11.8 Å². The van der Waals surface area contributed by atoms with Gasteiger partial charge in [-0.3, -0.25) is 9.59 Å². The van der Waals surface area contributed by atoms with Crippen molar-refractivity contribution in [1.82, 2.24) is 9.80 Å². The summed E-state index contributed by atoms with van der Waals surface area (Å²) >= 11 is 0. The summed E-state index contributed by atoms with van der Waals surface area (Å²) in [6.07, 6.45) is 1.30. The van der Waals surface area contributed by atoms with Gasteiger partial charge in [0, 0.05) is 13.1 Å². The first-order valence-corrected chi connectivity index (χ1v) is 10.6. The van der Waals surface area contributed by atoms with E-state index >= 15 is 0 Å². The maximum atomic E-state index is 13.1. The van der Waals surface area contributed by atoms with Crippen molar-refractivity contribution in [3.8, 4) is 23.0 Å². The van der Waals surface area contributed by atoms with Crippen LogP contribution in [0.2, 0.25) is 0 Å². The van der Waals surface area contributed by atoms with Crippen LogP contribution < -0.4 is 18.9 Å². The molecule has 0 spiro atoms. The van der Waals surface area contributed by atoms with Crippen molar-refractivity contribution in [2.45, 2.75) is 24.9 Å². The lowest BCUT2D eigenvalue weighted by molar-refractivity contribution is -0.164. The van der Waals surface area contributed by atoms with Crippen molar-refractivity contribution in [2.24, 2.45) is 0 Å². The highest BCUT2D eigenvalue weighted by Crippen LogP contribution is 2.51. The molecule has 0 radical (unpaired) electrons. The highest BCUT2D eigenvalue weighted by molar-refractivity contribution is 6.35. The molecule has 3 aliphatic heterocycles. The maximum absolute atomic E-state index is 13.1. The number of carbonyl (C=O) groups is 2. The number of piperazine rings is 1. The van der Waals surface area contributed by atoms with Crippen LogP contribution in [-0.4, -0.2) is 63.1 Å². The molecule has 3 aliphatic rings. The van der Waals surface area contributed by atoms with E-state index in [-0.39, 0.29) is 12.1 Å². The number of ether oxygens (including phenoxy) is 4. The Hall–Kier alpha value is -3.42. The largest absolute Gasteiger partial charge is 0.493 e. The Bertz CT molecular complexity index is 1030. The zero-order valence-electron chi connectivity index (χ0n) is 18.6. The lowest BCUT2D eigenvalue weighted by Crippen LogP contribution is -2.60. The van der Waals surface area contributed by atoms with E-state index < -0.39 is 11.8 Å². The Kier molecular flexibility index (Phi) is 4.87. The van der Waals surface area contributed by atoms with Gasteiger partial charge in [0.25, 0.3) is 0 Å². The van der Waals surface area contributed by atoms with Gasteiger partial charge in [0.05, 0.1) is 40.5 Å². The van der Waals surface area contributed by atoms with Gasteiger partial charge in [0.2, 0.25) is 0 Å². The van der Waals surface area contributed by atoms with E-state index in [0.29, 0.717) is 48.9 Å². The zero-order chi connectivity index (χ0) is 22.6. The van der Waals surface area contributed by atoms with Gasteiger partial charge in [0.1, 0.15) is 0 Å². The van der Waals surface area contributed by atoms with Crippen LogP contribution >= 0.6 is 0 Å². The maximum Gasteiger partial charge on any atom is 0.312 e. The molecule has 0 bridgehead atoms. The van der Waals surface area contributed by atoms with Crippen molar-refractivity contribution in [3.05, 3.63) is 46.5 Å². The molecule has 168 valence electrons. The molecule has 3 heterocycles. The third-order valence-corrected chi connectivity index (χ3v) is 6.85. The molecule has 0 saturated carbocycles. The molecule has 2 atom stereocenters. The summed E-state index contributed by atoms with van der Waals surface area (Å²) in [7, 11) is 6.42. The van der Waals surface area contributed by atoms with E-state index in [1.807, 2.05) is 24.3 Å². The summed E-state index contributed by atoms with van der Waals surface area (Å²) in [5.41, 5.74) is 4.15. The fourth-order valence-corrected chi connectivity index (χ4v) is 5.34. The standard InChI is InChI=1S/C24H26N2O6/c1-29-17-9-13-5-7-25-21(15(13)11-19(17)31-3)22-16-12-20(32-4)18(30-2)10-14(16)6-8-26(22)24(28)23(25)27/h9-12,21-22H,5-8H2,1-4H3/t21-,22-/m0/s1. The second-order valence-electron chi connectivity index (χ2n) is 8.20. The summed E-state index contributed by atoms with van der Waals surface area (Å²) in [5, 5.41) is 0. The molecule has 5 rings (SSSR count). The lowest BCUT2D eigenvalue weighted by Gasteiger charge is -2.51. The van der Waals surface area contributed by atoms with Gasteiger partial charge in [-0.15, -0.1) is 0 Å². The average molecular weight is 438 g/mol. The molecule has 0 N–H and O–H groups in total. The Morgan fingerprint density at radius 1 is 0.625 bits per heavy atom. The van der Waals surface area contributed by atoms with Crippen LogP contribution in [0.1, 0.15) is 34.3 Å². The number of carbonyl (C=O) groups excluding carboxylic acids is 2. The van der Waals surface area contributed by atoms with Crippen LogP contribution in [0, 0.1) is 0 Å². The lowest BCUT2D eigenvalue weighted by atomic mass is 9.78. The van der Waals surface area contributed by atoms with Crippen molar-refractivity contribution < 1.29 is 28.5 Å². The number of amides is 2. The topological polar surface area (TPSA) is 77.5 Å². The number of nitrogens with zero attached hydrogens (tertiary/aromatic N) is 2. The average Bonchev–Trinajstić information content (AvgIpc) is 2.84. The van der Waals surface area contributed by atoms with Crippen LogP contribution in [0.3, 0.4) is 0 Å². The van der Waals surface area contributed by atoms with E-state index in [0.717, 1.165) is 22.3 Å². The molecular formula is C24H26N2O6. The molecule has 1 fully saturated rings. The Labute approximate surface area is 186 Å². The second-order valence-corrected chi connectivity index (χ2v) is 8.20. The number of methoxy groups -OCH3 is 4. The fraction of sp³-hybridized carbons (Fsp3) is 0.417. The van der Waals surface area contributed by atoms with E-state index in [1.165, 1.54) is 0 Å². The van der Waals surface area contributed by atoms with Crippen LogP contribution in [0.5, 0.6) is 23.0 Å². The Balaban J connectivity index is 1.72. The Morgan fingerprint density at radius 3 is 1.31 bits per heavy atom. The normalized spacial score (nSPS) is 21.2. The minimum absolute atomic E-state index is 0.319. The van der Waals surface area contributed by atoms with E-state index in [9.17, 15) is 9.59 Å². The number of hydrogen-bond donors (Lipinski definition) is 0. The first-order chi connectivity index (χ1) is 15.5. The number of hydrogen-bond acceptors (Lipinski definition) is 6. The fourth-order valence-electron chi connectivity index (χ4n) is 5.34. The van der Waals surface area contributed by atoms with Crippen LogP contribution in [0.25, 0.3) is 0 Å². The monoisotopic (exact) mass is 438 g/mol. The molecule has 8 nitrogen and oxygen atoms in total. The van der Waals surface area contributed by atoms with Gasteiger partial charge in [-0.25, -0.2) is 0 Å². The molecule has 2 aromatic rings. The highest BCUT2D eigenvalue weighted by Gasteiger charge is 2.51. The summed E-state index contributed by atoms with van der Waals surface area (Å²) in [6, 6.07) is 7.22. The van der Waals surface area contributed by atoms with Gasteiger partial charge in [-0.1, -0.05) is 0 Å². The van der Waals surface area contributed by atoms with Gasteiger partial charge < -0.3 is 28.7 Å². The summed E-state index contributed by atoms with van der Waals surface area (Å²) in [5.74, 6) is 1.63. The number of fused-ring (bicyclic) bond motifs is 7. The number of benzene rings is 2. The minimum atomic E-state index is -0.449. The zero-order valence-corrected chi connectivity index (χ0v) is 18.6. The number of rotatable bonds is 4. The van der Waals surface area contributed by atoms with E-state index in [4.69, 9.17) is 18.9 Å². The van der Waals surface area contributed by atoms with Crippen LogP contribution in [0.15, 0.2) is 24.3 Å². The van der Waals surface area contributed by atoms with Gasteiger partial charge in [-0.05, 0) is 59.4 Å². The SMILES string of the molecule is COc1cc2c(cc1OC)[C@H]1[C@@H]3c4cc(OC)c(OC)cc4CCN3C(=O)C(=O)N1CC2. The molecular weight excluding hydrogens is 412 g/mol. The molecule has 2 amide bonds. The summed E-state index contributed by atoms with van der Waals surface area (Å²) in [6.45, 7) is 0.954. The predicted octanol–water partition coefficient (Wildman–Crippen LogP) is 2.29. The van der Waals surface area contributed by atoms with Crippen molar-refractivity contribution in [3.63, 3.8) is 0 Å². The molecule has 1 saturated heterocycles. The quantitative estimate of drug-likeness (QED) is 0.682. The first kappa shape index (κ1) is 20.5. The van der Waals surface area contributed by atoms with Crippen molar-refractivity contribution in [1.29, 1.82) is 0 Å². The third-order valence-electron chi connectivity index (χ3n) is 6.85. The first-order valence-electron chi connectivity index (χ1n) is 10.6. The third kappa shape index (κ3) is 2.82. The Morgan fingerprint density at radius 2 is 0.969 bits per heavy atom. The smallest absolute Gasteiger partial charge is 0.312 e. The van der Waals surface area contributed by atoms with Crippen molar-refractivity contribution >= 4 is 11.8 Å². The summed E-state index contributed by atoms with van der Waals surface area (Å²) < 4.78 is 22.1. The molecule has 0 aromatic heterocycles. The van der Waals surface area contributed by atoms with Crippen LogP contribution in [0.4, 0.5) is 0 Å². The molecule has 0 aliphatic carbocycles. The molecule has 32 heavy (non-hydrogen) atoms. The predicted molar refractivity (Wildman–Crippen MR) is 115 cm³/mol. The van der Waals surface area contributed by atoms with Gasteiger partial charge in [0.15, 0.2) is 23.0 Å². The highest BCUT2D eigenvalue weighted by atomic mass is 16.5. The molecule has 2 aromatic carbocycles. The minimum Gasteiger partial charge on any atom is -0.493 e. The van der Waals surface area contributed by atoms with E-state index in [1.54, 1.807) is 38.2 Å². The van der Waals surface area contributed by atoms with Crippen molar-refractivity contribution in [2.75, 3.05) is 41.5 Å². The second kappa shape index (κ2) is 7.62. The summed E-state index contributed by atoms with van der Waals surface area (Å²) in [4.78, 5) is 29.6. The van der Waals surface area contributed by atoms with Gasteiger partial charge in [-0.2, -0.15) is 0 Å².